The zero-order valence-electron chi connectivity index (χ0n) is 19.0. The highest BCUT2D eigenvalue weighted by Gasteiger charge is 2.32. The highest BCUT2D eigenvalue weighted by molar-refractivity contribution is 6.11. The predicted octanol–water partition coefficient (Wildman–Crippen LogP) is 4.72. The van der Waals surface area contributed by atoms with Crippen molar-refractivity contribution < 1.29 is 19.1 Å². The number of carbonyl (C=O) groups is 2. The molecule has 2 aromatic heterocycles. The summed E-state index contributed by atoms with van der Waals surface area (Å²) in [5, 5.41) is 18.8. The summed E-state index contributed by atoms with van der Waals surface area (Å²) in [7, 11) is 0. The van der Waals surface area contributed by atoms with Crippen LogP contribution < -0.4 is 0 Å². The van der Waals surface area contributed by atoms with Crippen LogP contribution in [0.4, 0.5) is 0 Å². The second kappa shape index (κ2) is 7.58. The van der Waals surface area contributed by atoms with Crippen LogP contribution in [0.2, 0.25) is 0 Å². The third kappa shape index (κ3) is 3.47. The summed E-state index contributed by atoms with van der Waals surface area (Å²) in [4.78, 5) is 31.7. The average molecular weight is 434 g/mol. The molecule has 0 spiro atoms. The Morgan fingerprint density at radius 3 is 2.56 bits per heavy atom. The van der Waals surface area contributed by atoms with Gasteiger partial charge < -0.3 is 14.4 Å². The van der Waals surface area contributed by atoms with Gasteiger partial charge in [-0.3, -0.25) is 10.2 Å². The number of fused-ring (bicyclic) bond motifs is 2. The van der Waals surface area contributed by atoms with E-state index in [1.807, 2.05) is 39.8 Å². The van der Waals surface area contributed by atoms with Gasteiger partial charge in [0, 0.05) is 28.8 Å². The molecule has 2 N–H and O–H groups in total. The molecule has 1 aliphatic rings. The highest BCUT2D eigenvalue weighted by Crippen LogP contribution is 2.38. The lowest BCUT2D eigenvalue weighted by molar-refractivity contribution is 0.0696. The summed E-state index contributed by atoms with van der Waals surface area (Å²) in [6.07, 6.45) is 0.782. The molecule has 0 saturated heterocycles. The third-order valence-electron chi connectivity index (χ3n) is 5.93. The van der Waals surface area contributed by atoms with E-state index >= 15 is 0 Å². The number of hydrogen-bond donors (Lipinski definition) is 2. The van der Waals surface area contributed by atoms with Crippen LogP contribution in [0.1, 0.15) is 76.7 Å². The van der Waals surface area contributed by atoms with E-state index in [-0.39, 0.29) is 23.7 Å². The van der Waals surface area contributed by atoms with E-state index < -0.39 is 11.4 Å². The van der Waals surface area contributed by atoms with Crippen molar-refractivity contribution in [1.82, 2.24) is 9.88 Å². The minimum absolute atomic E-state index is 0.0183. The molecule has 0 aliphatic carbocycles. The number of Topliss-reactive ketones (excluding diaryl/α,β-unsaturated/α-hetero) is 1. The molecule has 1 aromatic carbocycles. The second-order valence-electron chi connectivity index (χ2n) is 9.24. The molecule has 0 saturated carbocycles. The summed E-state index contributed by atoms with van der Waals surface area (Å²) < 4.78 is 5.70. The molecule has 4 rings (SSSR count). The fourth-order valence-electron chi connectivity index (χ4n) is 4.46. The lowest BCUT2D eigenvalue weighted by Gasteiger charge is -2.25. The molecule has 0 atom stereocenters. The standard InChI is InChI=1S/C25H27N3O4/c1-6-15-8-7-14-11-28(23(26)22(14)27-15)12-17(29)16-9-10-18-20(21(16)25(3,4)5)19(24(30)31)13(2)32-18/h7-10,26H,6,11-12H2,1-5H3,(H,30,31). The van der Waals surface area contributed by atoms with E-state index in [1.54, 1.807) is 24.0 Å². The molecule has 0 amide bonds. The third-order valence-corrected chi connectivity index (χ3v) is 5.93. The summed E-state index contributed by atoms with van der Waals surface area (Å²) in [5.41, 5.74) is 3.65. The van der Waals surface area contributed by atoms with Crippen molar-refractivity contribution in [1.29, 1.82) is 5.41 Å². The average Bonchev–Trinajstić information content (AvgIpc) is 3.21. The van der Waals surface area contributed by atoms with Gasteiger partial charge in [0.1, 0.15) is 28.4 Å². The first-order valence-electron chi connectivity index (χ1n) is 10.7. The van der Waals surface area contributed by atoms with Gasteiger partial charge in [0.25, 0.3) is 0 Å². The largest absolute Gasteiger partial charge is 0.478 e. The van der Waals surface area contributed by atoms with Crippen molar-refractivity contribution in [2.75, 3.05) is 6.54 Å². The van der Waals surface area contributed by atoms with Crippen LogP contribution in [0.5, 0.6) is 0 Å². The molecule has 3 heterocycles. The number of aromatic nitrogens is 1. The first kappa shape index (κ1) is 21.7. The Morgan fingerprint density at radius 2 is 1.94 bits per heavy atom. The Kier molecular flexibility index (Phi) is 5.15. The zero-order chi connectivity index (χ0) is 23.4. The maximum atomic E-state index is 13.5. The van der Waals surface area contributed by atoms with Crippen LogP contribution in [0, 0.1) is 12.3 Å². The second-order valence-corrected chi connectivity index (χ2v) is 9.24. The summed E-state index contributed by atoms with van der Waals surface area (Å²) >= 11 is 0. The number of benzene rings is 1. The van der Waals surface area contributed by atoms with E-state index in [0.717, 1.165) is 17.7 Å². The SMILES string of the molecule is CCc1ccc2c(n1)C(=N)N(CC(=O)c1ccc3oc(C)c(C(=O)O)c3c1C(C)(C)C)C2. The monoisotopic (exact) mass is 433 g/mol. The number of pyridine rings is 1. The Balaban J connectivity index is 1.75. The van der Waals surface area contributed by atoms with Gasteiger partial charge in [0.15, 0.2) is 5.78 Å². The number of carboxylic acid groups (broad SMARTS) is 1. The molecule has 3 aromatic rings. The van der Waals surface area contributed by atoms with Gasteiger partial charge in [-0.2, -0.15) is 0 Å². The number of carboxylic acids is 1. The van der Waals surface area contributed by atoms with E-state index in [9.17, 15) is 14.7 Å². The Labute approximate surface area is 186 Å². The van der Waals surface area contributed by atoms with Crippen molar-refractivity contribution >= 4 is 28.6 Å². The number of nitrogens with one attached hydrogen (secondary N) is 1. The maximum Gasteiger partial charge on any atom is 0.339 e. The van der Waals surface area contributed by atoms with Crippen LogP contribution in [-0.4, -0.2) is 39.1 Å². The van der Waals surface area contributed by atoms with Gasteiger partial charge in [-0.15, -0.1) is 0 Å². The number of amidine groups is 1. The molecule has 7 nitrogen and oxygen atoms in total. The van der Waals surface area contributed by atoms with Gasteiger partial charge >= 0.3 is 5.97 Å². The summed E-state index contributed by atoms with van der Waals surface area (Å²) in [6, 6.07) is 7.30. The number of aromatic carboxylic acids is 1. The van der Waals surface area contributed by atoms with Crippen LogP contribution in [0.15, 0.2) is 28.7 Å². The Hall–Kier alpha value is -3.48. The predicted molar refractivity (Wildman–Crippen MR) is 122 cm³/mol. The molecular weight excluding hydrogens is 406 g/mol. The van der Waals surface area contributed by atoms with Crippen LogP contribution in [0.3, 0.4) is 0 Å². The lowest BCUT2D eigenvalue weighted by Crippen LogP contribution is -2.32. The molecule has 1 aliphatic heterocycles. The Bertz CT molecular complexity index is 1280. The van der Waals surface area contributed by atoms with Crippen LogP contribution in [0.25, 0.3) is 11.0 Å². The normalized spacial score (nSPS) is 13.7. The van der Waals surface area contributed by atoms with Crippen molar-refractivity contribution in [3.05, 3.63) is 63.7 Å². The van der Waals surface area contributed by atoms with E-state index in [0.29, 0.717) is 40.1 Å². The fraction of sp³-hybridized carbons (Fsp3) is 0.360. The first-order chi connectivity index (χ1) is 15.0. The van der Waals surface area contributed by atoms with E-state index in [4.69, 9.17) is 9.83 Å². The molecular formula is C25H27N3O4. The van der Waals surface area contributed by atoms with Crippen molar-refractivity contribution in [3.8, 4) is 0 Å². The van der Waals surface area contributed by atoms with Gasteiger partial charge in [0.05, 0.1) is 6.54 Å². The molecule has 32 heavy (non-hydrogen) atoms. The van der Waals surface area contributed by atoms with Crippen LogP contribution >= 0.6 is 0 Å². The van der Waals surface area contributed by atoms with Gasteiger partial charge in [0.2, 0.25) is 0 Å². The number of rotatable bonds is 5. The molecule has 0 fully saturated rings. The topological polar surface area (TPSA) is 107 Å². The highest BCUT2D eigenvalue weighted by atomic mass is 16.4. The van der Waals surface area contributed by atoms with Crippen LogP contribution in [-0.2, 0) is 18.4 Å². The fourth-order valence-corrected chi connectivity index (χ4v) is 4.46. The van der Waals surface area contributed by atoms with Crippen molar-refractivity contribution in [2.45, 2.75) is 53.0 Å². The van der Waals surface area contributed by atoms with E-state index in [1.165, 1.54) is 0 Å². The summed E-state index contributed by atoms with van der Waals surface area (Å²) in [5.74, 6) is -0.684. The number of hydrogen-bond acceptors (Lipinski definition) is 5. The Morgan fingerprint density at radius 1 is 1.22 bits per heavy atom. The van der Waals surface area contributed by atoms with Crippen molar-refractivity contribution in [2.24, 2.45) is 0 Å². The molecule has 0 radical (unpaired) electrons. The molecule has 166 valence electrons. The molecule has 0 unspecified atom stereocenters. The molecule has 0 bridgehead atoms. The smallest absolute Gasteiger partial charge is 0.339 e. The number of ketones is 1. The lowest BCUT2D eigenvalue weighted by atomic mass is 9.79. The van der Waals surface area contributed by atoms with Gasteiger partial charge in [-0.05, 0) is 42.5 Å². The van der Waals surface area contributed by atoms with Gasteiger partial charge in [-0.1, -0.05) is 33.8 Å². The number of furan rings is 1. The number of nitrogens with zero attached hydrogens (tertiary/aromatic N) is 2. The molecule has 7 heteroatoms. The first-order valence-corrected chi connectivity index (χ1v) is 10.7. The number of aryl methyl sites for hydroxylation is 2. The van der Waals surface area contributed by atoms with Gasteiger partial charge in [-0.25, -0.2) is 9.78 Å². The minimum atomic E-state index is -1.08. The van der Waals surface area contributed by atoms with Crippen molar-refractivity contribution in [3.63, 3.8) is 0 Å². The number of carbonyl (C=O) groups excluding carboxylic acids is 1. The van der Waals surface area contributed by atoms with E-state index in [2.05, 4.69) is 4.98 Å². The quantitative estimate of drug-likeness (QED) is 0.564. The summed E-state index contributed by atoms with van der Waals surface area (Å²) in [6.45, 7) is 9.97. The minimum Gasteiger partial charge on any atom is -0.478 e. The maximum absolute atomic E-state index is 13.5. The zero-order valence-corrected chi connectivity index (χ0v) is 19.0.